The molecule has 0 saturated carbocycles. The number of hydrogen-bond acceptors (Lipinski definition) is 3. The van der Waals surface area contributed by atoms with Crippen LogP contribution < -0.4 is 5.32 Å². The zero-order valence-corrected chi connectivity index (χ0v) is 12.6. The largest absolute Gasteiger partial charge is 0.372 e. The van der Waals surface area contributed by atoms with Crippen molar-refractivity contribution in [1.29, 1.82) is 0 Å². The Balaban J connectivity index is 2.10. The second-order valence-electron chi connectivity index (χ2n) is 5.37. The van der Waals surface area contributed by atoms with E-state index < -0.39 is 0 Å². The molecule has 1 rings (SSSR count). The lowest BCUT2D eigenvalue weighted by molar-refractivity contribution is -0.136. The Kier molecular flexibility index (Phi) is 8.84. The first-order chi connectivity index (χ1) is 9.27. The number of amides is 1. The van der Waals surface area contributed by atoms with Gasteiger partial charge in [0.15, 0.2) is 0 Å². The van der Waals surface area contributed by atoms with E-state index in [1.165, 1.54) is 19.3 Å². The van der Waals surface area contributed by atoms with Gasteiger partial charge in [-0.1, -0.05) is 20.3 Å². The molecule has 1 N–H and O–H groups in total. The van der Waals surface area contributed by atoms with E-state index in [-0.39, 0.29) is 12.5 Å². The Hall–Kier alpha value is -0.610. The highest BCUT2D eigenvalue weighted by Crippen LogP contribution is 2.09. The van der Waals surface area contributed by atoms with Crippen LogP contribution in [-0.4, -0.2) is 49.7 Å². The number of nitrogens with zero attached hydrogens (tertiary/aromatic N) is 1. The molecule has 0 spiro atoms. The Bertz CT molecular complexity index is 234. The highest BCUT2D eigenvalue weighted by atomic mass is 16.5. The topological polar surface area (TPSA) is 41.6 Å². The number of carbonyl (C=O) groups is 1. The summed E-state index contributed by atoms with van der Waals surface area (Å²) in [6, 6.07) is 0.589. The van der Waals surface area contributed by atoms with Crippen molar-refractivity contribution in [3.05, 3.63) is 0 Å². The first kappa shape index (κ1) is 16.4. The maximum Gasteiger partial charge on any atom is 0.248 e. The van der Waals surface area contributed by atoms with Crippen LogP contribution >= 0.6 is 0 Å². The van der Waals surface area contributed by atoms with E-state index in [9.17, 15) is 4.79 Å². The second kappa shape index (κ2) is 10.2. The lowest BCUT2D eigenvalue weighted by Crippen LogP contribution is -2.37. The van der Waals surface area contributed by atoms with Gasteiger partial charge in [0.2, 0.25) is 5.91 Å². The Morgan fingerprint density at radius 2 is 2.00 bits per heavy atom. The third kappa shape index (κ3) is 6.92. The van der Waals surface area contributed by atoms with Crippen molar-refractivity contribution in [3.8, 4) is 0 Å². The average molecular weight is 270 g/mol. The number of nitrogens with one attached hydrogen (secondary N) is 1. The molecule has 0 aliphatic carbocycles. The van der Waals surface area contributed by atoms with Crippen molar-refractivity contribution in [1.82, 2.24) is 10.2 Å². The number of hydrogen-bond donors (Lipinski definition) is 1. The molecule has 1 unspecified atom stereocenters. The number of rotatable bonds is 9. The second-order valence-corrected chi connectivity index (χ2v) is 5.37. The fraction of sp³-hybridized carbons (Fsp3) is 0.933. The van der Waals surface area contributed by atoms with E-state index in [1.807, 2.05) is 4.90 Å². The van der Waals surface area contributed by atoms with Gasteiger partial charge in [-0.05, 0) is 38.6 Å². The summed E-state index contributed by atoms with van der Waals surface area (Å²) in [6.45, 7) is 7.96. The first-order valence-corrected chi connectivity index (χ1v) is 7.86. The summed E-state index contributed by atoms with van der Waals surface area (Å²) in [7, 11) is 0. The Morgan fingerprint density at radius 1 is 1.26 bits per heavy atom. The van der Waals surface area contributed by atoms with Gasteiger partial charge in [0.25, 0.3) is 0 Å². The molecule has 0 aromatic carbocycles. The molecule has 4 heteroatoms. The molecular weight excluding hydrogens is 240 g/mol. The molecule has 1 aliphatic rings. The van der Waals surface area contributed by atoms with Crippen molar-refractivity contribution < 1.29 is 9.53 Å². The molecule has 1 amide bonds. The molecule has 1 atom stereocenters. The molecule has 0 aromatic heterocycles. The Labute approximate surface area is 117 Å². The fourth-order valence-corrected chi connectivity index (χ4v) is 2.55. The van der Waals surface area contributed by atoms with Crippen molar-refractivity contribution in [2.24, 2.45) is 0 Å². The van der Waals surface area contributed by atoms with Crippen molar-refractivity contribution >= 4 is 5.91 Å². The van der Waals surface area contributed by atoms with Crippen LogP contribution in [0, 0.1) is 0 Å². The summed E-state index contributed by atoms with van der Waals surface area (Å²) in [5.41, 5.74) is 0. The molecule has 0 radical (unpaired) electrons. The van der Waals surface area contributed by atoms with Gasteiger partial charge < -0.3 is 15.0 Å². The fourth-order valence-electron chi connectivity index (χ4n) is 2.55. The van der Waals surface area contributed by atoms with Gasteiger partial charge in [-0.3, -0.25) is 4.79 Å². The van der Waals surface area contributed by atoms with Crippen LogP contribution in [0.4, 0.5) is 0 Å². The highest BCUT2D eigenvalue weighted by Gasteiger charge is 2.14. The van der Waals surface area contributed by atoms with Crippen molar-refractivity contribution in [2.75, 3.05) is 32.8 Å². The summed E-state index contributed by atoms with van der Waals surface area (Å²) >= 11 is 0. The Morgan fingerprint density at radius 3 is 2.58 bits per heavy atom. The summed E-state index contributed by atoms with van der Waals surface area (Å²) in [6.07, 6.45) is 6.90. The minimum atomic E-state index is 0.139. The minimum absolute atomic E-state index is 0.139. The molecule has 0 bridgehead atoms. The van der Waals surface area contributed by atoms with Crippen LogP contribution in [0.1, 0.15) is 52.4 Å². The number of carbonyl (C=O) groups excluding carboxylic acids is 1. The smallest absolute Gasteiger partial charge is 0.248 e. The predicted octanol–water partition coefficient (Wildman–Crippen LogP) is 2.18. The van der Waals surface area contributed by atoms with Gasteiger partial charge in [0, 0.05) is 25.7 Å². The van der Waals surface area contributed by atoms with Gasteiger partial charge in [-0.25, -0.2) is 0 Å². The summed E-state index contributed by atoms with van der Waals surface area (Å²) in [4.78, 5) is 13.9. The van der Waals surface area contributed by atoms with Crippen LogP contribution in [0.2, 0.25) is 0 Å². The van der Waals surface area contributed by atoms with Gasteiger partial charge >= 0.3 is 0 Å². The zero-order chi connectivity index (χ0) is 13.9. The van der Waals surface area contributed by atoms with E-state index in [4.69, 9.17) is 4.74 Å². The normalized spacial score (nSPS) is 19.4. The van der Waals surface area contributed by atoms with Gasteiger partial charge in [0.1, 0.15) is 6.61 Å². The monoisotopic (exact) mass is 270 g/mol. The van der Waals surface area contributed by atoms with E-state index in [0.717, 1.165) is 38.9 Å². The molecule has 19 heavy (non-hydrogen) atoms. The number of ether oxygens (including phenoxy) is 1. The van der Waals surface area contributed by atoms with E-state index in [2.05, 4.69) is 19.2 Å². The maximum atomic E-state index is 12.0. The van der Waals surface area contributed by atoms with E-state index in [0.29, 0.717) is 12.6 Å². The number of piperidine rings is 1. The molecule has 1 fully saturated rings. The third-order valence-corrected chi connectivity index (χ3v) is 3.59. The standard InChI is InChI=1S/C15H30N2O2/c1-3-10-17(11-4-2)15(18)13-19-12-8-14-7-5-6-9-16-14/h14,16H,3-13H2,1-2H3. The summed E-state index contributed by atoms with van der Waals surface area (Å²) in [5.74, 6) is 0.139. The van der Waals surface area contributed by atoms with Gasteiger partial charge in [-0.2, -0.15) is 0 Å². The van der Waals surface area contributed by atoms with Crippen LogP contribution in [0.3, 0.4) is 0 Å². The molecule has 4 nitrogen and oxygen atoms in total. The molecule has 112 valence electrons. The summed E-state index contributed by atoms with van der Waals surface area (Å²) < 4.78 is 5.54. The molecule has 1 aliphatic heterocycles. The van der Waals surface area contributed by atoms with Crippen LogP contribution in [0.5, 0.6) is 0 Å². The predicted molar refractivity (Wildman–Crippen MR) is 78.2 cm³/mol. The summed E-state index contributed by atoms with van der Waals surface area (Å²) in [5, 5.41) is 3.50. The molecule has 0 aromatic rings. The first-order valence-electron chi connectivity index (χ1n) is 7.86. The zero-order valence-electron chi connectivity index (χ0n) is 12.6. The SMILES string of the molecule is CCCN(CCC)C(=O)COCCC1CCCCN1. The third-order valence-electron chi connectivity index (χ3n) is 3.59. The lowest BCUT2D eigenvalue weighted by Gasteiger charge is -2.24. The van der Waals surface area contributed by atoms with Crippen LogP contribution in [0.15, 0.2) is 0 Å². The van der Waals surface area contributed by atoms with E-state index >= 15 is 0 Å². The maximum absolute atomic E-state index is 12.0. The quantitative estimate of drug-likeness (QED) is 0.653. The van der Waals surface area contributed by atoms with Crippen LogP contribution in [0.25, 0.3) is 0 Å². The average Bonchev–Trinajstić information content (AvgIpc) is 2.44. The molecule has 1 heterocycles. The van der Waals surface area contributed by atoms with Crippen molar-refractivity contribution in [2.45, 2.75) is 58.4 Å². The van der Waals surface area contributed by atoms with E-state index in [1.54, 1.807) is 0 Å². The van der Waals surface area contributed by atoms with Gasteiger partial charge in [-0.15, -0.1) is 0 Å². The van der Waals surface area contributed by atoms with Crippen molar-refractivity contribution in [3.63, 3.8) is 0 Å². The van der Waals surface area contributed by atoms with Crippen LogP contribution in [-0.2, 0) is 9.53 Å². The lowest BCUT2D eigenvalue weighted by atomic mass is 10.0. The minimum Gasteiger partial charge on any atom is -0.372 e. The molecule has 1 saturated heterocycles. The molecular formula is C15H30N2O2. The highest BCUT2D eigenvalue weighted by molar-refractivity contribution is 5.77. The van der Waals surface area contributed by atoms with Gasteiger partial charge in [0.05, 0.1) is 0 Å².